The van der Waals surface area contributed by atoms with Gasteiger partial charge in [-0.15, -0.1) is 5.10 Å². The molecular formula is C12H23N5O. The number of aryl methyl sites for hydroxylation is 1. The standard InChI is InChI=1S/C12H23N5O/c1-12(2,18)10-17-6-4-16(5-7-17)9-11-8-15(3)14-13-11/h8,18H,4-7,9-10H2,1-3H3. The summed E-state index contributed by atoms with van der Waals surface area (Å²) in [6.45, 7) is 9.38. The van der Waals surface area contributed by atoms with Crippen molar-refractivity contribution in [1.29, 1.82) is 0 Å². The highest BCUT2D eigenvalue weighted by atomic mass is 16.3. The van der Waals surface area contributed by atoms with Crippen LogP contribution >= 0.6 is 0 Å². The summed E-state index contributed by atoms with van der Waals surface area (Å²) in [5.74, 6) is 0. The fourth-order valence-electron chi connectivity index (χ4n) is 2.35. The lowest BCUT2D eigenvalue weighted by Crippen LogP contribution is -2.50. The molecule has 0 atom stereocenters. The third-order valence-electron chi connectivity index (χ3n) is 3.11. The van der Waals surface area contributed by atoms with Crippen molar-refractivity contribution in [2.24, 2.45) is 7.05 Å². The Morgan fingerprint density at radius 2 is 1.83 bits per heavy atom. The van der Waals surface area contributed by atoms with Gasteiger partial charge in [-0.25, -0.2) is 0 Å². The smallest absolute Gasteiger partial charge is 0.0967 e. The van der Waals surface area contributed by atoms with E-state index in [4.69, 9.17) is 0 Å². The molecule has 18 heavy (non-hydrogen) atoms. The third kappa shape index (κ3) is 4.04. The lowest BCUT2D eigenvalue weighted by Gasteiger charge is -2.36. The second-order valence-corrected chi connectivity index (χ2v) is 5.75. The summed E-state index contributed by atoms with van der Waals surface area (Å²) in [6.07, 6.45) is 1.96. The molecule has 1 aliphatic rings. The SMILES string of the molecule is Cn1cc(CN2CCN(CC(C)(C)O)CC2)nn1. The number of aliphatic hydroxyl groups is 1. The van der Waals surface area contributed by atoms with Crippen molar-refractivity contribution in [2.75, 3.05) is 32.7 Å². The Hall–Kier alpha value is -0.980. The van der Waals surface area contributed by atoms with Crippen LogP contribution in [-0.2, 0) is 13.6 Å². The third-order valence-corrected chi connectivity index (χ3v) is 3.11. The van der Waals surface area contributed by atoms with E-state index in [1.807, 2.05) is 27.1 Å². The minimum atomic E-state index is -0.604. The summed E-state index contributed by atoms with van der Waals surface area (Å²) in [5, 5.41) is 17.8. The number of aromatic nitrogens is 3. The van der Waals surface area contributed by atoms with Gasteiger partial charge in [0.25, 0.3) is 0 Å². The molecule has 0 aromatic carbocycles. The van der Waals surface area contributed by atoms with Crippen LogP contribution in [0.2, 0.25) is 0 Å². The summed E-state index contributed by atoms with van der Waals surface area (Å²) >= 11 is 0. The molecule has 0 aliphatic carbocycles. The van der Waals surface area contributed by atoms with Crippen LogP contribution in [0.3, 0.4) is 0 Å². The number of piperazine rings is 1. The molecule has 0 spiro atoms. The van der Waals surface area contributed by atoms with Crippen molar-refractivity contribution in [1.82, 2.24) is 24.8 Å². The molecule has 0 radical (unpaired) electrons. The van der Waals surface area contributed by atoms with Crippen LogP contribution in [0.15, 0.2) is 6.20 Å². The number of hydrogen-bond acceptors (Lipinski definition) is 5. The van der Waals surface area contributed by atoms with E-state index in [0.29, 0.717) is 0 Å². The first-order chi connectivity index (χ1) is 8.42. The number of rotatable bonds is 4. The summed E-state index contributed by atoms with van der Waals surface area (Å²) < 4.78 is 1.74. The van der Waals surface area contributed by atoms with Crippen molar-refractivity contribution in [3.63, 3.8) is 0 Å². The summed E-state index contributed by atoms with van der Waals surface area (Å²) in [5.41, 5.74) is 0.418. The van der Waals surface area contributed by atoms with Crippen LogP contribution < -0.4 is 0 Å². The van der Waals surface area contributed by atoms with Crippen LogP contribution in [0, 0.1) is 0 Å². The van der Waals surface area contributed by atoms with E-state index in [9.17, 15) is 5.11 Å². The van der Waals surface area contributed by atoms with Crippen molar-refractivity contribution in [3.05, 3.63) is 11.9 Å². The second kappa shape index (κ2) is 5.34. The van der Waals surface area contributed by atoms with Crippen LogP contribution in [0.4, 0.5) is 0 Å². The Kier molecular flexibility index (Phi) is 3.99. The van der Waals surface area contributed by atoms with E-state index in [1.165, 1.54) is 0 Å². The Morgan fingerprint density at radius 1 is 1.22 bits per heavy atom. The molecule has 2 heterocycles. The molecule has 0 unspecified atom stereocenters. The maximum atomic E-state index is 9.80. The van der Waals surface area contributed by atoms with E-state index >= 15 is 0 Å². The highest BCUT2D eigenvalue weighted by molar-refractivity contribution is 4.92. The maximum absolute atomic E-state index is 9.80. The van der Waals surface area contributed by atoms with Gasteiger partial charge in [-0.05, 0) is 13.8 Å². The zero-order chi connectivity index (χ0) is 13.2. The predicted molar refractivity (Wildman–Crippen MR) is 69.0 cm³/mol. The normalized spacial score (nSPS) is 19.3. The molecule has 0 bridgehead atoms. The van der Waals surface area contributed by atoms with Crippen molar-refractivity contribution >= 4 is 0 Å². The van der Waals surface area contributed by atoms with Crippen LogP contribution in [0.25, 0.3) is 0 Å². The Labute approximate surface area is 108 Å². The summed E-state index contributed by atoms with van der Waals surface area (Å²) in [6, 6.07) is 0. The average molecular weight is 253 g/mol. The molecule has 0 saturated carbocycles. The highest BCUT2D eigenvalue weighted by Crippen LogP contribution is 2.10. The van der Waals surface area contributed by atoms with Gasteiger partial charge in [-0.3, -0.25) is 14.5 Å². The molecule has 1 aromatic rings. The van der Waals surface area contributed by atoms with E-state index in [2.05, 4.69) is 20.1 Å². The maximum Gasteiger partial charge on any atom is 0.0967 e. The lowest BCUT2D eigenvalue weighted by molar-refractivity contribution is 0.0165. The Balaban J connectivity index is 1.77. The largest absolute Gasteiger partial charge is 0.389 e. The van der Waals surface area contributed by atoms with Gasteiger partial charge in [0.1, 0.15) is 0 Å². The molecule has 1 N–H and O–H groups in total. The predicted octanol–water partition coefficient (Wildman–Crippen LogP) is -0.296. The molecule has 1 aliphatic heterocycles. The van der Waals surface area contributed by atoms with Gasteiger partial charge < -0.3 is 5.11 Å². The topological polar surface area (TPSA) is 57.4 Å². The highest BCUT2D eigenvalue weighted by Gasteiger charge is 2.22. The van der Waals surface area contributed by atoms with Crippen molar-refractivity contribution < 1.29 is 5.11 Å². The molecule has 6 heteroatoms. The van der Waals surface area contributed by atoms with Crippen molar-refractivity contribution in [2.45, 2.75) is 26.0 Å². The quantitative estimate of drug-likeness (QED) is 0.798. The zero-order valence-corrected chi connectivity index (χ0v) is 11.5. The van der Waals surface area contributed by atoms with Crippen LogP contribution in [0.1, 0.15) is 19.5 Å². The first-order valence-electron chi connectivity index (χ1n) is 6.45. The molecule has 0 amide bonds. The number of nitrogens with zero attached hydrogens (tertiary/aromatic N) is 5. The van der Waals surface area contributed by atoms with Gasteiger partial charge in [0.05, 0.1) is 11.3 Å². The molecule has 6 nitrogen and oxygen atoms in total. The van der Waals surface area contributed by atoms with E-state index in [-0.39, 0.29) is 0 Å². The first kappa shape index (κ1) is 13.5. The number of β-amino-alcohol motifs (C(OH)–C–C–N with tert-alkyl or cyclic N) is 1. The van der Waals surface area contributed by atoms with Gasteiger partial charge in [0, 0.05) is 52.5 Å². The van der Waals surface area contributed by atoms with Crippen LogP contribution in [0.5, 0.6) is 0 Å². The second-order valence-electron chi connectivity index (χ2n) is 5.75. The zero-order valence-electron chi connectivity index (χ0n) is 11.5. The summed E-state index contributed by atoms with van der Waals surface area (Å²) in [4.78, 5) is 4.69. The van der Waals surface area contributed by atoms with E-state index < -0.39 is 5.60 Å². The monoisotopic (exact) mass is 253 g/mol. The average Bonchev–Trinajstić information content (AvgIpc) is 2.65. The Bertz CT molecular complexity index is 376. The lowest BCUT2D eigenvalue weighted by atomic mass is 10.1. The first-order valence-corrected chi connectivity index (χ1v) is 6.45. The van der Waals surface area contributed by atoms with Crippen molar-refractivity contribution in [3.8, 4) is 0 Å². The van der Waals surface area contributed by atoms with Gasteiger partial charge in [0.2, 0.25) is 0 Å². The fourth-order valence-corrected chi connectivity index (χ4v) is 2.35. The van der Waals surface area contributed by atoms with E-state index in [0.717, 1.165) is 45.0 Å². The fraction of sp³-hybridized carbons (Fsp3) is 0.833. The van der Waals surface area contributed by atoms with Gasteiger partial charge in [-0.2, -0.15) is 0 Å². The molecule has 102 valence electrons. The van der Waals surface area contributed by atoms with Crippen LogP contribution in [-0.4, -0.2) is 68.2 Å². The van der Waals surface area contributed by atoms with Gasteiger partial charge in [0.15, 0.2) is 0 Å². The van der Waals surface area contributed by atoms with E-state index in [1.54, 1.807) is 4.68 Å². The molecule has 1 saturated heterocycles. The molecule has 2 rings (SSSR count). The Morgan fingerprint density at radius 3 is 2.33 bits per heavy atom. The number of hydrogen-bond donors (Lipinski definition) is 1. The van der Waals surface area contributed by atoms with Gasteiger partial charge in [-0.1, -0.05) is 5.21 Å². The molecule has 1 aromatic heterocycles. The summed E-state index contributed by atoms with van der Waals surface area (Å²) in [7, 11) is 1.89. The molecular weight excluding hydrogens is 230 g/mol. The minimum Gasteiger partial charge on any atom is -0.389 e. The molecule has 1 fully saturated rings. The minimum absolute atomic E-state index is 0.604. The van der Waals surface area contributed by atoms with Gasteiger partial charge >= 0.3 is 0 Å².